The molecule has 0 unspecified atom stereocenters. The topological polar surface area (TPSA) is 35.6 Å². The van der Waals surface area contributed by atoms with Crippen LogP contribution in [0, 0.1) is 0 Å². The first-order valence-electron chi connectivity index (χ1n) is 20.9. The first kappa shape index (κ1) is 34.1. The summed E-state index contributed by atoms with van der Waals surface area (Å²) in [5, 5.41) is 11.1. The van der Waals surface area contributed by atoms with Gasteiger partial charge in [0.2, 0.25) is 0 Å². The van der Waals surface area contributed by atoms with E-state index in [2.05, 4.69) is 203 Å². The van der Waals surface area contributed by atoms with Gasteiger partial charge in [0, 0.05) is 73.8 Å². The van der Waals surface area contributed by atoms with Crippen LogP contribution in [0.25, 0.3) is 129 Å². The first-order chi connectivity index (χ1) is 30.8. The number of aromatic nitrogens is 4. The quantitative estimate of drug-likeness (QED) is 0.177. The second kappa shape index (κ2) is 12.9. The van der Waals surface area contributed by atoms with E-state index >= 15 is 0 Å². The lowest BCUT2D eigenvalue weighted by atomic mass is 9.97. The van der Waals surface area contributed by atoms with Crippen molar-refractivity contribution in [3.63, 3.8) is 0 Å². The van der Waals surface area contributed by atoms with Crippen molar-refractivity contribution in [2.24, 2.45) is 0 Å². The zero-order chi connectivity index (χ0) is 40.5. The molecule has 4 nitrogen and oxygen atoms in total. The smallest absolute Gasteiger partial charge is 0.162 e. The summed E-state index contributed by atoms with van der Waals surface area (Å²) >= 11 is 3.67. The fraction of sp³-hybridized carbons (Fsp3) is 0. The van der Waals surface area contributed by atoms with Gasteiger partial charge in [-0.1, -0.05) is 140 Å². The van der Waals surface area contributed by atoms with Crippen LogP contribution >= 0.6 is 22.7 Å². The van der Waals surface area contributed by atoms with Crippen molar-refractivity contribution < 1.29 is 0 Å². The first-order valence-corrected chi connectivity index (χ1v) is 22.5. The number of para-hydroxylation sites is 2. The predicted molar refractivity (Wildman–Crippen MR) is 265 cm³/mol. The molecule has 5 heterocycles. The summed E-state index contributed by atoms with van der Waals surface area (Å²) in [6.45, 7) is 0. The Labute approximate surface area is 362 Å². The standard InChI is InChI=1S/C56H32N4S2/c1-3-15-33(16-4-1)55-57-51-41-23-11-14-26-48(41)62-54(51)56(58-55)60-46-30-28-35(34-27-29-45-42(31-34)37-19-9-12-24-44(37)59(45)36-17-5-2-6-18-36)32-43(46)49-50-40-22-10-13-25-47(40)61-53(50)39-21-8-7-20-38(39)52(49)60/h1-32H. The number of rotatable bonds is 4. The number of nitrogens with zero attached hydrogens (tertiary/aromatic N) is 4. The maximum atomic E-state index is 5.58. The Morgan fingerprint density at radius 2 is 0.919 bits per heavy atom. The van der Waals surface area contributed by atoms with E-state index < -0.39 is 0 Å². The van der Waals surface area contributed by atoms with E-state index in [0.717, 1.165) is 44.0 Å². The molecule has 0 saturated carbocycles. The molecule has 6 heteroatoms. The molecule has 9 aromatic carbocycles. The zero-order valence-corrected chi connectivity index (χ0v) is 34.7. The molecule has 5 aromatic heterocycles. The lowest BCUT2D eigenvalue weighted by Gasteiger charge is -2.13. The molecule has 288 valence electrons. The molecular formula is C56H32N4S2. The Morgan fingerprint density at radius 1 is 0.355 bits per heavy atom. The van der Waals surface area contributed by atoms with Crippen molar-refractivity contribution in [1.29, 1.82) is 0 Å². The van der Waals surface area contributed by atoms with E-state index in [9.17, 15) is 0 Å². The number of thiophene rings is 2. The highest BCUT2D eigenvalue weighted by Crippen LogP contribution is 2.50. The third kappa shape index (κ3) is 4.76. The second-order valence-corrected chi connectivity index (χ2v) is 18.2. The Balaban J connectivity index is 1.13. The van der Waals surface area contributed by atoms with Crippen molar-refractivity contribution in [3.05, 3.63) is 194 Å². The van der Waals surface area contributed by atoms with Gasteiger partial charge in [-0.05, 0) is 65.7 Å². The van der Waals surface area contributed by atoms with Gasteiger partial charge < -0.3 is 4.57 Å². The Morgan fingerprint density at radius 3 is 1.69 bits per heavy atom. The fourth-order valence-corrected chi connectivity index (χ4v) is 12.4. The van der Waals surface area contributed by atoms with E-state index in [4.69, 9.17) is 9.97 Å². The summed E-state index contributed by atoms with van der Waals surface area (Å²) in [7, 11) is 0. The van der Waals surface area contributed by atoms with Gasteiger partial charge in [-0.15, -0.1) is 22.7 Å². The molecule has 0 bridgehead atoms. The van der Waals surface area contributed by atoms with Crippen LogP contribution in [0.5, 0.6) is 0 Å². The lowest BCUT2D eigenvalue weighted by Crippen LogP contribution is -2.02. The molecule has 0 aliphatic rings. The summed E-state index contributed by atoms with van der Waals surface area (Å²) < 4.78 is 9.73. The number of hydrogen-bond donors (Lipinski definition) is 0. The molecule has 62 heavy (non-hydrogen) atoms. The molecule has 14 rings (SSSR count). The van der Waals surface area contributed by atoms with E-state index in [0.29, 0.717) is 0 Å². The van der Waals surface area contributed by atoms with Crippen LogP contribution < -0.4 is 0 Å². The van der Waals surface area contributed by atoms with Crippen LogP contribution in [0.15, 0.2) is 194 Å². The second-order valence-electron chi connectivity index (χ2n) is 16.1. The maximum absolute atomic E-state index is 5.58. The normalized spacial score (nSPS) is 12.2. The highest BCUT2D eigenvalue weighted by atomic mass is 32.1. The lowest BCUT2D eigenvalue weighted by molar-refractivity contribution is 1.08. The Bertz CT molecular complexity index is 4150. The molecule has 0 N–H and O–H groups in total. The van der Waals surface area contributed by atoms with Crippen molar-refractivity contribution in [2.45, 2.75) is 0 Å². The number of fused-ring (bicyclic) bond motifs is 16. The van der Waals surface area contributed by atoms with E-state index in [1.165, 1.54) is 84.9 Å². The van der Waals surface area contributed by atoms with Gasteiger partial charge >= 0.3 is 0 Å². The summed E-state index contributed by atoms with van der Waals surface area (Å²) in [5.41, 5.74) is 10.2. The van der Waals surface area contributed by atoms with Gasteiger partial charge in [-0.3, -0.25) is 4.57 Å². The van der Waals surface area contributed by atoms with Crippen LogP contribution in [-0.4, -0.2) is 19.1 Å². The summed E-state index contributed by atoms with van der Waals surface area (Å²) in [6, 6.07) is 70.4. The number of hydrogen-bond acceptors (Lipinski definition) is 4. The number of benzene rings is 9. The summed E-state index contributed by atoms with van der Waals surface area (Å²) in [5.74, 6) is 1.62. The van der Waals surface area contributed by atoms with Crippen LogP contribution in [0.4, 0.5) is 0 Å². The molecule has 0 aliphatic heterocycles. The third-order valence-corrected chi connectivity index (χ3v) is 15.1. The van der Waals surface area contributed by atoms with Gasteiger partial charge in [0.25, 0.3) is 0 Å². The van der Waals surface area contributed by atoms with E-state index in [1.54, 1.807) is 11.3 Å². The average Bonchev–Trinajstić information content (AvgIpc) is 4.09. The van der Waals surface area contributed by atoms with Gasteiger partial charge in [-0.25, -0.2) is 9.97 Å². The monoisotopic (exact) mass is 824 g/mol. The van der Waals surface area contributed by atoms with Crippen LogP contribution in [0.2, 0.25) is 0 Å². The molecule has 0 aliphatic carbocycles. The minimum Gasteiger partial charge on any atom is -0.309 e. The SMILES string of the molecule is c1ccc(-c2nc(-n3c4ccc(-c5ccc6c(c5)c5ccccc5n6-c5ccccc5)cc4c4c5c6ccccc6sc5c5ccccc5c43)c3sc4ccccc4c3n2)cc1. The van der Waals surface area contributed by atoms with E-state index in [1.807, 2.05) is 11.3 Å². The summed E-state index contributed by atoms with van der Waals surface area (Å²) in [4.78, 5) is 10.9. The minimum atomic E-state index is 0.720. The molecule has 0 radical (unpaired) electrons. The van der Waals surface area contributed by atoms with Crippen LogP contribution in [0.1, 0.15) is 0 Å². The molecule has 0 spiro atoms. The molecule has 0 saturated heterocycles. The highest BCUT2D eigenvalue weighted by molar-refractivity contribution is 7.27. The molecule has 0 fully saturated rings. The largest absolute Gasteiger partial charge is 0.309 e. The van der Waals surface area contributed by atoms with Gasteiger partial charge in [-0.2, -0.15) is 0 Å². The van der Waals surface area contributed by atoms with Crippen LogP contribution in [0.3, 0.4) is 0 Å². The van der Waals surface area contributed by atoms with Crippen molar-refractivity contribution in [3.8, 4) is 34.0 Å². The average molecular weight is 825 g/mol. The maximum Gasteiger partial charge on any atom is 0.162 e. The van der Waals surface area contributed by atoms with Crippen molar-refractivity contribution >= 4 is 118 Å². The van der Waals surface area contributed by atoms with Gasteiger partial charge in [0.05, 0.1) is 32.3 Å². The summed E-state index contributed by atoms with van der Waals surface area (Å²) in [6.07, 6.45) is 0. The van der Waals surface area contributed by atoms with Gasteiger partial charge in [0.1, 0.15) is 0 Å². The predicted octanol–water partition coefficient (Wildman–Crippen LogP) is 15.9. The minimum absolute atomic E-state index is 0.720. The van der Waals surface area contributed by atoms with E-state index in [-0.39, 0.29) is 0 Å². The Kier molecular flexibility index (Phi) is 7.11. The molecule has 14 aromatic rings. The van der Waals surface area contributed by atoms with Gasteiger partial charge in [0.15, 0.2) is 11.6 Å². The molecule has 0 atom stereocenters. The molecule has 0 amide bonds. The third-order valence-electron chi connectivity index (χ3n) is 12.7. The molecular weight excluding hydrogens is 793 g/mol. The fourth-order valence-electron chi connectivity index (χ4n) is 10.0. The highest BCUT2D eigenvalue weighted by Gasteiger charge is 2.26. The zero-order valence-electron chi connectivity index (χ0n) is 33.1. The van der Waals surface area contributed by atoms with Crippen molar-refractivity contribution in [1.82, 2.24) is 19.1 Å². The van der Waals surface area contributed by atoms with Crippen molar-refractivity contribution in [2.75, 3.05) is 0 Å². The van der Waals surface area contributed by atoms with Crippen LogP contribution in [-0.2, 0) is 0 Å². The Hall–Kier alpha value is -7.64.